The van der Waals surface area contributed by atoms with Crippen LogP contribution < -0.4 is 5.32 Å². The van der Waals surface area contributed by atoms with E-state index in [0.29, 0.717) is 15.0 Å². The van der Waals surface area contributed by atoms with Crippen LogP contribution in [0, 0.1) is 6.92 Å². The number of hydrogen-bond donors (Lipinski definition) is 2. The van der Waals surface area contributed by atoms with E-state index in [1.807, 2.05) is 0 Å². The van der Waals surface area contributed by atoms with Crippen LogP contribution in [0.15, 0.2) is 22.7 Å². The van der Waals surface area contributed by atoms with Crippen molar-refractivity contribution in [3.05, 3.63) is 29.6 Å². The Morgan fingerprint density at radius 3 is 2.95 bits per heavy atom. The first kappa shape index (κ1) is 14.4. The van der Waals surface area contributed by atoms with Gasteiger partial charge in [-0.3, -0.25) is 19.9 Å². The molecule has 0 radical (unpaired) electrons. The minimum Gasteiger partial charge on any atom is -0.481 e. The number of aliphatic carboxylic acids is 1. The first-order valence-corrected chi connectivity index (χ1v) is 7.27. The Hall–Kier alpha value is -2.00. The molecule has 0 aromatic carbocycles. The Morgan fingerprint density at radius 1 is 1.45 bits per heavy atom. The molecule has 0 aliphatic rings. The van der Waals surface area contributed by atoms with Gasteiger partial charge in [-0.15, -0.1) is 10.2 Å². The predicted molar refractivity (Wildman–Crippen MR) is 75.2 cm³/mol. The number of hydrogen-bond acceptors (Lipinski definition) is 7. The zero-order valence-electron chi connectivity index (χ0n) is 10.4. The van der Waals surface area contributed by atoms with Gasteiger partial charge >= 0.3 is 5.97 Å². The van der Waals surface area contributed by atoms with Crippen molar-refractivity contribution in [2.75, 3.05) is 11.1 Å². The van der Waals surface area contributed by atoms with Crippen molar-refractivity contribution in [1.82, 2.24) is 15.2 Å². The summed E-state index contributed by atoms with van der Waals surface area (Å²) in [5, 5.41) is 19.1. The molecule has 20 heavy (non-hydrogen) atoms. The van der Waals surface area contributed by atoms with Crippen LogP contribution in [0.1, 0.15) is 16.1 Å². The van der Waals surface area contributed by atoms with Gasteiger partial charge in [0.2, 0.25) is 5.13 Å². The van der Waals surface area contributed by atoms with Crippen LogP contribution in [0.4, 0.5) is 5.13 Å². The zero-order valence-corrected chi connectivity index (χ0v) is 12.0. The van der Waals surface area contributed by atoms with E-state index in [4.69, 9.17) is 5.11 Å². The van der Waals surface area contributed by atoms with Gasteiger partial charge in [-0.2, -0.15) is 0 Å². The maximum absolute atomic E-state index is 11.9. The molecule has 0 saturated carbocycles. The quantitative estimate of drug-likeness (QED) is 0.639. The largest absolute Gasteiger partial charge is 0.481 e. The number of carboxylic acids is 1. The van der Waals surface area contributed by atoms with E-state index in [0.717, 1.165) is 28.8 Å². The molecule has 2 heterocycles. The second kappa shape index (κ2) is 6.44. The molecule has 0 bridgehead atoms. The molecule has 0 aliphatic heterocycles. The number of amides is 1. The molecule has 7 nitrogen and oxygen atoms in total. The van der Waals surface area contributed by atoms with Crippen molar-refractivity contribution in [2.45, 2.75) is 11.3 Å². The summed E-state index contributed by atoms with van der Waals surface area (Å²) < 4.78 is 0.494. The number of carbonyl (C=O) groups is 2. The fraction of sp³-hybridized carbons (Fsp3) is 0.182. The number of carbonyl (C=O) groups excluding carboxylic acids is 1. The van der Waals surface area contributed by atoms with E-state index < -0.39 is 5.97 Å². The topological polar surface area (TPSA) is 105 Å². The van der Waals surface area contributed by atoms with Crippen molar-refractivity contribution in [3.63, 3.8) is 0 Å². The number of thioether (sulfide) groups is 1. The highest BCUT2D eigenvalue weighted by Crippen LogP contribution is 2.25. The van der Waals surface area contributed by atoms with Gasteiger partial charge in [0.15, 0.2) is 4.34 Å². The molecule has 0 fully saturated rings. The summed E-state index contributed by atoms with van der Waals surface area (Å²) in [6.07, 6.45) is 1.55. The minimum atomic E-state index is -0.928. The van der Waals surface area contributed by atoms with Gasteiger partial charge in [0.25, 0.3) is 5.91 Å². The highest BCUT2D eigenvalue weighted by molar-refractivity contribution is 8.01. The van der Waals surface area contributed by atoms with Crippen LogP contribution in [-0.2, 0) is 4.79 Å². The summed E-state index contributed by atoms with van der Waals surface area (Å²) in [7, 11) is 0. The fourth-order valence-electron chi connectivity index (χ4n) is 1.30. The number of aromatic nitrogens is 3. The second-order valence-corrected chi connectivity index (χ2v) is 5.90. The van der Waals surface area contributed by atoms with Crippen LogP contribution >= 0.6 is 23.1 Å². The fourth-order valence-corrected chi connectivity index (χ4v) is 2.77. The summed E-state index contributed by atoms with van der Waals surface area (Å²) in [6, 6.07) is 3.26. The van der Waals surface area contributed by atoms with Gasteiger partial charge in [-0.25, -0.2) is 0 Å². The summed E-state index contributed by atoms with van der Waals surface area (Å²) in [4.78, 5) is 26.4. The molecular formula is C11H10N4O3S2. The number of pyridine rings is 1. The van der Waals surface area contributed by atoms with Crippen molar-refractivity contribution < 1.29 is 14.7 Å². The van der Waals surface area contributed by atoms with Crippen molar-refractivity contribution in [3.8, 4) is 0 Å². The first-order chi connectivity index (χ1) is 9.54. The SMILES string of the molecule is Cc1cc(C(=O)Nc2nnc(SCC(=O)O)s2)ccn1. The Bertz CT molecular complexity index is 644. The Labute approximate surface area is 122 Å². The molecule has 2 rings (SSSR count). The number of anilines is 1. The molecule has 0 unspecified atom stereocenters. The monoisotopic (exact) mass is 310 g/mol. The summed E-state index contributed by atoms with van der Waals surface area (Å²) in [6.45, 7) is 1.79. The maximum atomic E-state index is 11.9. The highest BCUT2D eigenvalue weighted by Gasteiger charge is 2.11. The molecule has 0 atom stereocenters. The Morgan fingerprint density at radius 2 is 2.25 bits per heavy atom. The predicted octanol–water partition coefficient (Wildman–Crippen LogP) is 1.67. The zero-order chi connectivity index (χ0) is 14.5. The van der Waals surface area contributed by atoms with Gasteiger partial charge in [-0.1, -0.05) is 23.1 Å². The lowest BCUT2D eigenvalue weighted by molar-refractivity contribution is -0.133. The van der Waals surface area contributed by atoms with Gasteiger partial charge in [0, 0.05) is 17.5 Å². The lowest BCUT2D eigenvalue weighted by atomic mass is 10.2. The second-order valence-electron chi connectivity index (χ2n) is 3.70. The molecule has 9 heteroatoms. The van der Waals surface area contributed by atoms with E-state index in [-0.39, 0.29) is 11.7 Å². The smallest absolute Gasteiger partial charge is 0.313 e. The van der Waals surface area contributed by atoms with Crippen LogP contribution in [0.5, 0.6) is 0 Å². The van der Waals surface area contributed by atoms with E-state index in [1.54, 1.807) is 25.3 Å². The number of rotatable bonds is 5. The van der Waals surface area contributed by atoms with Crippen molar-refractivity contribution in [2.24, 2.45) is 0 Å². The lowest BCUT2D eigenvalue weighted by Crippen LogP contribution is -2.12. The average Bonchev–Trinajstić information content (AvgIpc) is 2.84. The lowest BCUT2D eigenvalue weighted by Gasteiger charge is -2.01. The van der Waals surface area contributed by atoms with E-state index in [9.17, 15) is 9.59 Å². The van der Waals surface area contributed by atoms with Crippen LogP contribution in [0.2, 0.25) is 0 Å². The van der Waals surface area contributed by atoms with E-state index in [1.165, 1.54) is 0 Å². The van der Waals surface area contributed by atoms with Crippen molar-refractivity contribution in [1.29, 1.82) is 0 Å². The van der Waals surface area contributed by atoms with E-state index >= 15 is 0 Å². The van der Waals surface area contributed by atoms with Crippen LogP contribution in [-0.4, -0.2) is 37.9 Å². The molecular weight excluding hydrogens is 300 g/mol. The van der Waals surface area contributed by atoms with Crippen LogP contribution in [0.25, 0.3) is 0 Å². The first-order valence-electron chi connectivity index (χ1n) is 5.46. The molecule has 1 amide bonds. The van der Waals surface area contributed by atoms with Gasteiger partial charge in [0.1, 0.15) is 0 Å². The van der Waals surface area contributed by atoms with Gasteiger partial charge in [0.05, 0.1) is 5.75 Å². The molecule has 0 saturated heterocycles. The number of aryl methyl sites for hydroxylation is 1. The molecule has 2 aromatic heterocycles. The standard InChI is InChI=1S/C11H10N4O3S2/c1-6-4-7(2-3-12-6)9(18)13-10-14-15-11(20-10)19-5-8(16)17/h2-4H,5H2,1H3,(H,16,17)(H,13,14,18). The van der Waals surface area contributed by atoms with Gasteiger partial charge < -0.3 is 5.11 Å². The molecule has 2 N–H and O–H groups in total. The Balaban J connectivity index is 1.99. The summed E-state index contributed by atoms with van der Waals surface area (Å²) in [5.41, 5.74) is 1.22. The number of carboxylic acid groups (broad SMARTS) is 1. The molecule has 104 valence electrons. The number of nitrogens with one attached hydrogen (secondary N) is 1. The normalized spacial score (nSPS) is 10.2. The van der Waals surface area contributed by atoms with Crippen LogP contribution in [0.3, 0.4) is 0 Å². The average molecular weight is 310 g/mol. The molecule has 2 aromatic rings. The maximum Gasteiger partial charge on any atom is 0.313 e. The third kappa shape index (κ3) is 4.00. The summed E-state index contributed by atoms with van der Waals surface area (Å²) in [5.74, 6) is -1.32. The minimum absolute atomic E-state index is 0.0911. The third-order valence-electron chi connectivity index (χ3n) is 2.10. The third-order valence-corrected chi connectivity index (χ3v) is 4.06. The highest BCUT2D eigenvalue weighted by atomic mass is 32.2. The molecule has 0 aliphatic carbocycles. The number of nitrogens with zero attached hydrogens (tertiary/aromatic N) is 3. The molecule has 0 spiro atoms. The van der Waals surface area contributed by atoms with E-state index in [2.05, 4.69) is 20.5 Å². The summed E-state index contributed by atoms with van der Waals surface area (Å²) >= 11 is 2.19. The van der Waals surface area contributed by atoms with Crippen molar-refractivity contribution >= 4 is 40.1 Å². The van der Waals surface area contributed by atoms with Gasteiger partial charge in [-0.05, 0) is 19.1 Å². The Kier molecular flexibility index (Phi) is 4.64.